The highest BCUT2D eigenvalue weighted by atomic mass is 16.7. The van der Waals surface area contributed by atoms with Crippen molar-refractivity contribution in [2.75, 3.05) is 13.1 Å². The highest BCUT2D eigenvalue weighted by Gasteiger charge is 2.48. The average molecular weight is 565 g/mol. The lowest BCUT2D eigenvalue weighted by molar-refractivity contribution is -0.271. The molecule has 0 spiro atoms. The second-order valence-corrected chi connectivity index (χ2v) is 9.27. The molecule has 1 fully saturated rings. The lowest BCUT2D eigenvalue weighted by Crippen LogP contribution is -2.61. The molecule has 2 aliphatic heterocycles. The number of rotatable bonds is 15. The van der Waals surface area contributed by atoms with Gasteiger partial charge in [0.15, 0.2) is 6.10 Å². The van der Waals surface area contributed by atoms with E-state index in [1.165, 1.54) is 12.2 Å². The number of benzene rings is 1. The van der Waals surface area contributed by atoms with Crippen molar-refractivity contribution in [1.29, 1.82) is 0 Å². The number of nitrogens with zero attached hydrogens (tertiary/aromatic N) is 1. The van der Waals surface area contributed by atoms with Crippen molar-refractivity contribution >= 4 is 30.2 Å². The quantitative estimate of drug-likeness (QED) is 0.0964. The Kier molecular flexibility index (Phi) is 11.1. The molecule has 14 heteroatoms. The average Bonchev–Trinajstić information content (AvgIpc) is 3.25. The van der Waals surface area contributed by atoms with Gasteiger partial charge in [0.1, 0.15) is 30.7 Å². The number of hydrogen-bond donors (Lipinski definition) is 5. The monoisotopic (exact) mass is 564 g/mol. The van der Waals surface area contributed by atoms with Crippen LogP contribution in [0.5, 0.6) is 5.75 Å². The van der Waals surface area contributed by atoms with Crippen LogP contribution in [0.2, 0.25) is 0 Å². The van der Waals surface area contributed by atoms with E-state index in [4.69, 9.17) is 14.2 Å². The number of nitrogens with one attached hydrogen (secondary N) is 1. The molecule has 5 N–H and O–H groups in total. The van der Waals surface area contributed by atoms with Crippen LogP contribution in [0.1, 0.15) is 36.8 Å². The lowest BCUT2D eigenvalue weighted by Gasteiger charge is -2.38. The van der Waals surface area contributed by atoms with E-state index in [0.717, 1.165) is 23.3 Å². The number of carbonyl (C=O) groups is 5. The smallest absolute Gasteiger partial charge is 0.335 e. The van der Waals surface area contributed by atoms with Gasteiger partial charge < -0.3 is 40.0 Å². The number of aliphatic hydroxyl groups is 3. The van der Waals surface area contributed by atoms with Gasteiger partial charge in [0, 0.05) is 37.2 Å². The summed E-state index contributed by atoms with van der Waals surface area (Å²) in [5, 5.41) is 42.2. The van der Waals surface area contributed by atoms with Crippen LogP contribution < -0.4 is 10.1 Å². The molecule has 1 aromatic carbocycles. The summed E-state index contributed by atoms with van der Waals surface area (Å²) in [6.45, 7) is 0.511. The standard InChI is InChI=1S/C26H32N2O12/c29-14-38-13-16-6-5-15(12-17(16)39-26-23(35)21(33)22(34)24(40-26)25(36)37)4-2-1-3-10-27-18(30)9-11-28-19(31)7-8-20(28)32/h5-8,12,14,21-24,26,33-35H,1-4,9-11,13H2,(H,27,30)(H,36,37)/t21-,22-,23+,24-,26+/m0/s1. The van der Waals surface area contributed by atoms with Crippen molar-refractivity contribution in [1.82, 2.24) is 10.2 Å². The first-order valence-corrected chi connectivity index (χ1v) is 12.7. The Labute approximate surface area is 229 Å². The Balaban J connectivity index is 1.48. The molecule has 0 aliphatic carbocycles. The van der Waals surface area contributed by atoms with Crippen molar-refractivity contribution in [3.05, 3.63) is 41.5 Å². The topological polar surface area (TPSA) is 209 Å². The highest BCUT2D eigenvalue weighted by Crippen LogP contribution is 2.28. The fourth-order valence-electron chi connectivity index (χ4n) is 4.19. The third-order valence-corrected chi connectivity index (χ3v) is 6.42. The maximum atomic E-state index is 12.0. The van der Waals surface area contributed by atoms with Gasteiger partial charge in [-0.1, -0.05) is 18.6 Å². The zero-order chi connectivity index (χ0) is 29.2. The minimum atomic E-state index is -1.86. The van der Waals surface area contributed by atoms with Crippen LogP contribution in [0.4, 0.5) is 0 Å². The van der Waals surface area contributed by atoms with Gasteiger partial charge in [-0.05, 0) is 30.9 Å². The molecule has 0 radical (unpaired) electrons. The SMILES string of the molecule is O=COCc1ccc(CCCCCNC(=O)CCN2C(=O)C=CC2=O)cc1O[C@@H]1O[C@H](C(=O)O)[C@@H](O)[C@H](O)[C@H]1O. The maximum Gasteiger partial charge on any atom is 0.335 e. The van der Waals surface area contributed by atoms with Crippen molar-refractivity contribution in [2.24, 2.45) is 0 Å². The Hall–Kier alpha value is -3.85. The molecule has 5 atom stereocenters. The molecule has 0 aromatic heterocycles. The first kappa shape index (κ1) is 30.7. The third kappa shape index (κ3) is 8.08. The van der Waals surface area contributed by atoms with Crippen molar-refractivity contribution in [2.45, 2.75) is 69.4 Å². The fourth-order valence-corrected chi connectivity index (χ4v) is 4.19. The summed E-state index contributed by atoms with van der Waals surface area (Å²) in [5.41, 5.74) is 1.21. The van der Waals surface area contributed by atoms with Crippen molar-refractivity contribution in [3.8, 4) is 5.75 Å². The van der Waals surface area contributed by atoms with Crippen molar-refractivity contribution in [3.63, 3.8) is 0 Å². The van der Waals surface area contributed by atoms with Gasteiger partial charge in [-0.15, -0.1) is 0 Å². The molecule has 3 rings (SSSR count). The van der Waals surface area contributed by atoms with E-state index in [2.05, 4.69) is 5.32 Å². The van der Waals surface area contributed by atoms with Crippen LogP contribution in [-0.4, -0.2) is 99.3 Å². The summed E-state index contributed by atoms with van der Waals surface area (Å²) in [6.07, 6.45) is -3.78. The van der Waals surface area contributed by atoms with Gasteiger partial charge in [0.05, 0.1) is 0 Å². The minimum Gasteiger partial charge on any atom is -0.479 e. The second kappa shape index (κ2) is 14.5. The van der Waals surface area contributed by atoms with E-state index in [-0.39, 0.29) is 37.7 Å². The first-order chi connectivity index (χ1) is 19.1. The number of hydrogen-bond acceptors (Lipinski definition) is 11. The maximum absolute atomic E-state index is 12.0. The van der Waals surface area contributed by atoms with Gasteiger partial charge in [0.25, 0.3) is 18.3 Å². The number of aliphatic carboxylic acids is 1. The van der Waals surface area contributed by atoms with Crippen LogP contribution in [0, 0.1) is 0 Å². The zero-order valence-electron chi connectivity index (χ0n) is 21.5. The number of ether oxygens (including phenoxy) is 3. The number of aryl methyl sites for hydroxylation is 1. The molecule has 2 aliphatic rings. The second-order valence-electron chi connectivity index (χ2n) is 9.27. The number of amides is 3. The van der Waals surface area contributed by atoms with E-state index in [0.29, 0.717) is 24.9 Å². The van der Waals surface area contributed by atoms with E-state index < -0.39 is 48.5 Å². The fraction of sp³-hybridized carbons (Fsp3) is 0.500. The third-order valence-electron chi connectivity index (χ3n) is 6.42. The first-order valence-electron chi connectivity index (χ1n) is 12.7. The van der Waals surface area contributed by atoms with Crippen LogP contribution in [0.3, 0.4) is 0 Å². The minimum absolute atomic E-state index is 0.0186. The van der Waals surface area contributed by atoms with E-state index in [1.807, 2.05) is 0 Å². The number of unbranched alkanes of at least 4 members (excludes halogenated alkanes) is 2. The molecule has 3 amide bonds. The molecule has 0 bridgehead atoms. The van der Waals surface area contributed by atoms with Gasteiger partial charge in [0.2, 0.25) is 12.2 Å². The summed E-state index contributed by atoms with van der Waals surface area (Å²) in [7, 11) is 0. The zero-order valence-corrected chi connectivity index (χ0v) is 21.5. The van der Waals surface area contributed by atoms with Crippen LogP contribution in [-0.2, 0) is 46.5 Å². The Morgan fingerprint density at radius 2 is 1.75 bits per heavy atom. The molecule has 218 valence electrons. The molecule has 1 saturated heterocycles. The largest absolute Gasteiger partial charge is 0.479 e. The molecule has 40 heavy (non-hydrogen) atoms. The van der Waals surface area contributed by atoms with E-state index in [9.17, 15) is 44.4 Å². The molecular weight excluding hydrogens is 532 g/mol. The van der Waals surface area contributed by atoms with Crippen molar-refractivity contribution < 1.29 is 58.6 Å². The normalized spacial score (nSPS) is 24.2. The summed E-state index contributed by atoms with van der Waals surface area (Å²) in [6, 6.07) is 5.03. The highest BCUT2D eigenvalue weighted by molar-refractivity contribution is 6.13. The Morgan fingerprint density at radius 1 is 1.02 bits per heavy atom. The number of aliphatic hydroxyl groups excluding tert-OH is 3. The van der Waals surface area contributed by atoms with E-state index in [1.54, 1.807) is 18.2 Å². The predicted molar refractivity (Wildman–Crippen MR) is 133 cm³/mol. The Morgan fingerprint density at radius 3 is 2.42 bits per heavy atom. The van der Waals surface area contributed by atoms with Gasteiger partial charge in [-0.2, -0.15) is 0 Å². The molecule has 2 heterocycles. The molecule has 0 unspecified atom stereocenters. The van der Waals surface area contributed by atoms with Crippen LogP contribution in [0.15, 0.2) is 30.4 Å². The summed E-state index contributed by atoms with van der Waals surface area (Å²) >= 11 is 0. The van der Waals surface area contributed by atoms with Gasteiger partial charge in [-0.25, -0.2) is 4.79 Å². The van der Waals surface area contributed by atoms with Gasteiger partial charge in [-0.3, -0.25) is 24.1 Å². The van der Waals surface area contributed by atoms with Crippen LogP contribution >= 0.6 is 0 Å². The molecule has 1 aromatic rings. The lowest BCUT2D eigenvalue weighted by atomic mass is 9.99. The molecule has 0 saturated carbocycles. The van der Waals surface area contributed by atoms with Gasteiger partial charge >= 0.3 is 5.97 Å². The van der Waals surface area contributed by atoms with Crippen LogP contribution in [0.25, 0.3) is 0 Å². The number of carboxylic acids is 1. The summed E-state index contributed by atoms with van der Waals surface area (Å²) in [4.78, 5) is 58.1. The molecule has 14 nitrogen and oxygen atoms in total. The summed E-state index contributed by atoms with van der Waals surface area (Å²) < 4.78 is 15.7. The van der Waals surface area contributed by atoms with E-state index >= 15 is 0 Å². The number of imide groups is 1. The predicted octanol–water partition coefficient (Wildman–Crippen LogP) is -1.23. The number of carboxylic acid groups (broad SMARTS) is 1. The summed E-state index contributed by atoms with van der Waals surface area (Å²) in [5.74, 6) is -2.54. The number of carbonyl (C=O) groups excluding carboxylic acids is 4. The Bertz CT molecular complexity index is 1100. The molecular formula is C26H32N2O12.